The van der Waals surface area contributed by atoms with Crippen molar-refractivity contribution < 1.29 is 0 Å². The van der Waals surface area contributed by atoms with Gasteiger partial charge in [0.1, 0.15) is 0 Å². The number of nitrogens with one attached hydrogen (secondary N) is 1. The SMILES string of the molecule is C=CN=C1C(=C)C=Cc2cc(Cl)ccc2C1C1CCNCC1. The summed E-state index contributed by atoms with van der Waals surface area (Å²) < 4.78 is 0. The molecule has 1 N–H and O–H groups in total. The van der Waals surface area contributed by atoms with Crippen molar-refractivity contribution in [1.29, 1.82) is 0 Å². The van der Waals surface area contributed by atoms with Crippen molar-refractivity contribution in [3.05, 3.63) is 65.4 Å². The molecule has 1 aromatic carbocycles. The van der Waals surface area contributed by atoms with Crippen molar-refractivity contribution in [2.45, 2.75) is 18.8 Å². The summed E-state index contributed by atoms with van der Waals surface area (Å²) in [7, 11) is 0. The van der Waals surface area contributed by atoms with Crippen LogP contribution in [0, 0.1) is 5.92 Å². The molecule has 3 heteroatoms. The predicted octanol–water partition coefficient (Wildman–Crippen LogP) is 4.59. The van der Waals surface area contributed by atoms with Crippen LogP contribution in [0.25, 0.3) is 6.08 Å². The number of nitrogens with zero attached hydrogens (tertiary/aromatic N) is 1. The van der Waals surface area contributed by atoms with Gasteiger partial charge in [-0.1, -0.05) is 43.0 Å². The summed E-state index contributed by atoms with van der Waals surface area (Å²) >= 11 is 6.18. The predicted molar refractivity (Wildman–Crippen MR) is 95.6 cm³/mol. The first kappa shape index (κ1) is 15.3. The topological polar surface area (TPSA) is 24.4 Å². The van der Waals surface area contributed by atoms with Gasteiger partial charge in [0, 0.05) is 17.1 Å². The Morgan fingerprint density at radius 1 is 1.23 bits per heavy atom. The molecule has 1 aromatic rings. The maximum atomic E-state index is 6.18. The van der Waals surface area contributed by atoms with E-state index in [1.165, 1.54) is 11.1 Å². The van der Waals surface area contributed by atoms with Crippen LogP contribution in [0.5, 0.6) is 0 Å². The minimum Gasteiger partial charge on any atom is -0.317 e. The maximum Gasteiger partial charge on any atom is 0.0547 e. The van der Waals surface area contributed by atoms with Crippen molar-refractivity contribution in [1.82, 2.24) is 5.32 Å². The molecule has 0 radical (unpaired) electrons. The van der Waals surface area contributed by atoms with Crippen molar-refractivity contribution in [3.8, 4) is 0 Å². The van der Waals surface area contributed by atoms with Crippen LogP contribution < -0.4 is 5.32 Å². The molecule has 2 nitrogen and oxygen atoms in total. The summed E-state index contributed by atoms with van der Waals surface area (Å²) in [6.45, 7) is 10.1. The average Bonchev–Trinajstić information content (AvgIpc) is 2.66. The Kier molecular flexibility index (Phi) is 4.60. The van der Waals surface area contributed by atoms with Gasteiger partial charge in [0.25, 0.3) is 0 Å². The summed E-state index contributed by atoms with van der Waals surface area (Å²) in [6.07, 6.45) is 8.07. The van der Waals surface area contributed by atoms with Crippen molar-refractivity contribution in [3.63, 3.8) is 0 Å². The highest BCUT2D eigenvalue weighted by Crippen LogP contribution is 2.39. The van der Waals surface area contributed by atoms with Gasteiger partial charge in [0.15, 0.2) is 0 Å². The van der Waals surface area contributed by atoms with Crippen molar-refractivity contribution in [2.24, 2.45) is 10.9 Å². The zero-order valence-corrected chi connectivity index (χ0v) is 13.4. The molecule has 1 unspecified atom stereocenters. The molecule has 0 aromatic heterocycles. The molecule has 1 aliphatic carbocycles. The summed E-state index contributed by atoms with van der Waals surface area (Å²) in [4.78, 5) is 4.58. The third kappa shape index (κ3) is 2.94. The van der Waals surface area contributed by atoms with Crippen molar-refractivity contribution >= 4 is 23.4 Å². The number of benzene rings is 1. The monoisotopic (exact) mass is 312 g/mol. The maximum absolute atomic E-state index is 6.18. The summed E-state index contributed by atoms with van der Waals surface area (Å²) in [6, 6.07) is 6.15. The Morgan fingerprint density at radius 2 is 2.00 bits per heavy atom. The van der Waals surface area contributed by atoms with E-state index in [1.807, 2.05) is 18.2 Å². The van der Waals surface area contributed by atoms with Gasteiger partial charge < -0.3 is 5.32 Å². The molecule has 0 saturated carbocycles. The molecule has 1 atom stereocenters. The first-order valence-electron chi connectivity index (χ1n) is 7.77. The third-order valence-electron chi connectivity index (χ3n) is 4.56. The third-order valence-corrected chi connectivity index (χ3v) is 4.79. The second-order valence-corrected chi connectivity index (χ2v) is 6.33. The van der Waals surface area contributed by atoms with Crippen LogP contribution in [-0.4, -0.2) is 18.8 Å². The zero-order chi connectivity index (χ0) is 15.5. The first-order valence-corrected chi connectivity index (χ1v) is 8.14. The van der Waals surface area contributed by atoms with E-state index in [9.17, 15) is 0 Å². The Bertz CT molecular complexity index is 651. The number of halogens is 1. The molecular formula is C19H21ClN2. The van der Waals surface area contributed by atoms with Crippen molar-refractivity contribution in [2.75, 3.05) is 13.1 Å². The highest BCUT2D eigenvalue weighted by Gasteiger charge is 2.32. The molecule has 2 aliphatic rings. The first-order chi connectivity index (χ1) is 10.7. The number of aliphatic imine (C=N–C) groups is 1. The van der Waals surface area contributed by atoms with E-state index in [4.69, 9.17) is 11.6 Å². The number of hydrogen-bond acceptors (Lipinski definition) is 2. The van der Waals surface area contributed by atoms with Gasteiger partial charge in [-0.25, -0.2) is 0 Å². The molecule has 1 aliphatic heterocycles. The largest absolute Gasteiger partial charge is 0.317 e. The van der Waals surface area contributed by atoms with E-state index in [-0.39, 0.29) is 5.92 Å². The van der Waals surface area contributed by atoms with Crippen LogP contribution in [0.2, 0.25) is 5.02 Å². The minimum absolute atomic E-state index is 0.259. The van der Waals surface area contributed by atoms with Gasteiger partial charge in [-0.15, -0.1) is 0 Å². The van der Waals surface area contributed by atoms with Gasteiger partial charge in [0.05, 0.1) is 5.71 Å². The van der Waals surface area contributed by atoms with Crippen LogP contribution in [0.15, 0.2) is 54.2 Å². The smallest absolute Gasteiger partial charge is 0.0547 e. The molecule has 1 saturated heterocycles. The van der Waals surface area contributed by atoms with E-state index < -0.39 is 0 Å². The fraction of sp³-hybridized carbons (Fsp3) is 0.316. The van der Waals surface area contributed by atoms with Gasteiger partial charge >= 0.3 is 0 Å². The molecule has 0 bridgehead atoms. The molecule has 114 valence electrons. The Balaban J connectivity index is 2.13. The molecule has 1 heterocycles. The summed E-state index contributed by atoms with van der Waals surface area (Å²) in [5.74, 6) is 0.825. The molecule has 0 spiro atoms. The Hall–Kier alpha value is -1.64. The van der Waals surface area contributed by atoms with Crippen LogP contribution in [-0.2, 0) is 0 Å². The molecular weight excluding hydrogens is 292 g/mol. The normalized spacial score (nSPS) is 24.1. The van der Waals surface area contributed by atoms with Gasteiger partial charge in [-0.3, -0.25) is 4.99 Å². The molecule has 1 fully saturated rings. The van der Waals surface area contributed by atoms with E-state index in [2.05, 4.69) is 35.6 Å². The second-order valence-electron chi connectivity index (χ2n) is 5.89. The fourth-order valence-corrected chi connectivity index (χ4v) is 3.69. The van der Waals surface area contributed by atoms with Crippen LogP contribution in [0.1, 0.15) is 29.9 Å². The lowest BCUT2D eigenvalue weighted by molar-refractivity contribution is 0.357. The number of hydrogen-bond donors (Lipinski definition) is 1. The lowest BCUT2D eigenvalue weighted by Crippen LogP contribution is -2.34. The minimum atomic E-state index is 0.259. The zero-order valence-electron chi connectivity index (χ0n) is 12.7. The van der Waals surface area contributed by atoms with Crippen LogP contribution >= 0.6 is 11.6 Å². The fourth-order valence-electron chi connectivity index (χ4n) is 3.51. The van der Waals surface area contributed by atoms with E-state index in [0.717, 1.165) is 42.2 Å². The van der Waals surface area contributed by atoms with Gasteiger partial charge in [-0.05, 0) is 60.7 Å². The number of piperidine rings is 1. The second kappa shape index (κ2) is 6.64. The highest BCUT2D eigenvalue weighted by atomic mass is 35.5. The summed E-state index contributed by atoms with van der Waals surface area (Å²) in [5, 5.41) is 4.21. The van der Waals surface area contributed by atoms with Crippen LogP contribution in [0.4, 0.5) is 0 Å². The van der Waals surface area contributed by atoms with Gasteiger partial charge in [-0.2, -0.15) is 0 Å². The molecule has 0 amide bonds. The average molecular weight is 313 g/mol. The number of rotatable bonds is 2. The highest BCUT2D eigenvalue weighted by molar-refractivity contribution is 6.30. The van der Waals surface area contributed by atoms with E-state index >= 15 is 0 Å². The van der Waals surface area contributed by atoms with Crippen LogP contribution in [0.3, 0.4) is 0 Å². The Labute approximate surface area is 137 Å². The standard InChI is InChI=1S/C19H21ClN2/c1-3-22-19-13(2)4-5-15-12-16(20)6-7-17(15)18(19)14-8-10-21-11-9-14/h3-7,12,14,18,21H,1-2,8-11H2. The number of fused-ring (bicyclic) bond motifs is 1. The quantitative estimate of drug-likeness (QED) is 0.848. The lowest BCUT2D eigenvalue weighted by Gasteiger charge is -2.32. The number of allylic oxidation sites excluding steroid dienone is 2. The van der Waals surface area contributed by atoms with E-state index in [1.54, 1.807) is 6.20 Å². The van der Waals surface area contributed by atoms with E-state index in [0.29, 0.717) is 5.92 Å². The summed E-state index contributed by atoms with van der Waals surface area (Å²) in [5.41, 5.74) is 4.48. The van der Waals surface area contributed by atoms with Gasteiger partial charge in [0.2, 0.25) is 0 Å². The molecule has 3 rings (SSSR count). The Morgan fingerprint density at radius 3 is 2.73 bits per heavy atom. The molecule has 22 heavy (non-hydrogen) atoms. The lowest BCUT2D eigenvalue weighted by atomic mass is 9.75.